The summed E-state index contributed by atoms with van der Waals surface area (Å²) in [6.45, 7) is 2.87. The molecule has 26 heavy (non-hydrogen) atoms. The Bertz CT molecular complexity index is 560. The van der Waals surface area contributed by atoms with E-state index in [1.807, 2.05) is 12.1 Å². The summed E-state index contributed by atoms with van der Waals surface area (Å²) in [5.41, 5.74) is 1.34. The lowest BCUT2D eigenvalue weighted by molar-refractivity contribution is 0.173. The second-order valence-corrected chi connectivity index (χ2v) is 8.27. The van der Waals surface area contributed by atoms with Gasteiger partial charge in [-0.25, -0.2) is 4.57 Å². The minimum Gasteiger partial charge on any atom is -0.489 e. The van der Waals surface area contributed by atoms with Gasteiger partial charge in [0, 0.05) is 19.0 Å². The second-order valence-electron chi connectivity index (χ2n) is 7.03. The standard InChI is InChI=1S/C19H32NO5P/c1-2-3-4-5-6-7-8-16-9-11-18(12-10-16)25-19-13-17(20-14-19)15-24-26(21,22)23/h9-12,17,19-20H,2-8,13-15H2,1H3,(H2,21,22,23)/t17-,19-/m0/s1. The normalized spacial score (nSPS) is 20.4. The summed E-state index contributed by atoms with van der Waals surface area (Å²) < 4.78 is 21.2. The van der Waals surface area contributed by atoms with Crippen LogP contribution in [0.4, 0.5) is 0 Å². The molecule has 1 aromatic rings. The van der Waals surface area contributed by atoms with Crippen LogP contribution in [0.15, 0.2) is 24.3 Å². The molecule has 1 aliphatic heterocycles. The first-order chi connectivity index (χ1) is 12.5. The van der Waals surface area contributed by atoms with Gasteiger partial charge in [0.05, 0.1) is 6.61 Å². The third-order valence-corrected chi connectivity index (χ3v) is 5.16. The molecule has 7 heteroatoms. The zero-order valence-electron chi connectivity index (χ0n) is 15.6. The maximum absolute atomic E-state index is 10.7. The highest BCUT2D eigenvalue weighted by Crippen LogP contribution is 2.36. The molecule has 0 unspecified atom stereocenters. The molecule has 148 valence electrons. The summed E-state index contributed by atoms with van der Waals surface area (Å²) in [6.07, 6.45) is 9.60. The molecule has 0 bridgehead atoms. The lowest BCUT2D eigenvalue weighted by Crippen LogP contribution is -2.26. The number of benzene rings is 1. The van der Waals surface area contributed by atoms with E-state index in [-0.39, 0.29) is 18.8 Å². The fourth-order valence-electron chi connectivity index (χ4n) is 3.22. The van der Waals surface area contributed by atoms with Crippen molar-refractivity contribution in [3.8, 4) is 5.75 Å². The highest BCUT2D eigenvalue weighted by Gasteiger charge is 2.28. The Labute approximate surface area is 156 Å². The average Bonchev–Trinajstić information content (AvgIpc) is 3.04. The van der Waals surface area contributed by atoms with E-state index in [0.717, 1.165) is 12.2 Å². The molecule has 2 atom stereocenters. The summed E-state index contributed by atoms with van der Waals surface area (Å²) >= 11 is 0. The van der Waals surface area contributed by atoms with Gasteiger partial charge in [0.2, 0.25) is 0 Å². The van der Waals surface area contributed by atoms with Crippen molar-refractivity contribution in [3.63, 3.8) is 0 Å². The number of rotatable bonds is 12. The molecule has 0 radical (unpaired) electrons. The minimum absolute atomic E-state index is 0.00946. The van der Waals surface area contributed by atoms with E-state index in [4.69, 9.17) is 14.5 Å². The number of ether oxygens (including phenoxy) is 1. The molecule has 1 aromatic carbocycles. The van der Waals surface area contributed by atoms with Crippen molar-refractivity contribution in [2.24, 2.45) is 0 Å². The summed E-state index contributed by atoms with van der Waals surface area (Å²) in [4.78, 5) is 17.5. The average molecular weight is 385 g/mol. The Morgan fingerprint density at radius 1 is 1.12 bits per heavy atom. The van der Waals surface area contributed by atoms with Gasteiger partial charge in [0.1, 0.15) is 11.9 Å². The van der Waals surface area contributed by atoms with Gasteiger partial charge in [-0.1, -0.05) is 51.2 Å². The van der Waals surface area contributed by atoms with E-state index >= 15 is 0 Å². The highest BCUT2D eigenvalue weighted by atomic mass is 31.2. The Kier molecular flexibility index (Phi) is 9.09. The highest BCUT2D eigenvalue weighted by molar-refractivity contribution is 7.46. The molecule has 0 spiro atoms. The van der Waals surface area contributed by atoms with E-state index in [1.54, 1.807) is 0 Å². The van der Waals surface area contributed by atoms with Gasteiger partial charge in [-0.3, -0.25) is 4.52 Å². The molecule has 1 saturated heterocycles. The van der Waals surface area contributed by atoms with Crippen molar-refractivity contribution in [3.05, 3.63) is 29.8 Å². The maximum Gasteiger partial charge on any atom is 0.469 e. The Balaban J connectivity index is 1.65. The number of nitrogens with one attached hydrogen (secondary N) is 1. The van der Waals surface area contributed by atoms with Crippen LogP contribution >= 0.6 is 7.82 Å². The predicted molar refractivity (Wildman–Crippen MR) is 102 cm³/mol. The number of phosphoric ester groups is 1. The van der Waals surface area contributed by atoms with Crippen LogP contribution in [0.1, 0.15) is 57.4 Å². The van der Waals surface area contributed by atoms with Crippen LogP contribution in [0.25, 0.3) is 0 Å². The SMILES string of the molecule is CCCCCCCCc1ccc(O[C@@H]2CN[C@H](COP(=O)(O)O)C2)cc1. The summed E-state index contributed by atoms with van der Waals surface area (Å²) in [5, 5.41) is 3.17. The topological polar surface area (TPSA) is 88.0 Å². The van der Waals surface area contributed by atoms with Gasteiger partial charge in [-0.2, -0.15) is 0 Å². The lowest BCUT2D eigenvalue weighted by Gasteiger charge is -2.14. The summed E-state index contributed by atoms with van der Waals surface area (Å²) in [7, 11) is -4.41. The van der Waals surface area contributed by atoms with E-state index in [2.05, 4.69) is 28.9 Å². The molecule has 0 aromatic heterocycles. The zero-order chi connectivity index (χ0) is 18.8. The summed E-state index contributed by atoms with van der Waals surface area (Å²) in [5.74, 6) is 0.833. The number of phosphoric acid groups is 1. The molecule has 2 rings (SSSR count). The molecule has 1 heterocycles. The molecule has 0 aliphatic carbocycles. The third kappa shape index (κ3) is 8.65. The summed E-state index contributed by atoms with van der Waals surface area (Å²) in [6, 6.07) is 8.16. The smallest absolute Gasteiger partial charge is 0.469 e. The van der Waals surface area contributed by atoms with Crippen molar-refractivity contribution < 1.29 is 23.6 Å². The van der Waals surface area contributed by atoms with Gasteiger partial charge in [-0.15, -0.1) is 0 Å². The van der Waals surface area contributed by atoms with Crippen LogP contribution in [0, 0.1) is 0 Å². The van der Waals surface area contributed by atoms with Crippen molar-refractivity contribution >= 4 is 7.82 Å². The molecule has 6 nitrogen and oxygen atoms in total. The maximum atomic E-state index is 10.7. The van der Waals surface area contributed by atoms with Crippen molar-refractivity contribution in [1.82, 2.24) is 5.32 Å². The Morgan fingerprint density at radius 2 is 1.81 bits per heavy atom. The molecule has 0 saturated carbocycles. The third-order valence-electron chi connectivity index (χ3n) is 4.67. The first kappa shape index (κ1) is 21.4. The zero-order valence-corrected chi connectivity index (χ0v) is 16.5. The molecular weight excluding hydrogens is 353 g/mol. The van der Waals surface area contributed by atoms with Crippen LogP contribution in [0.2, 0.25) is 0 Å². The van der Waals surface area contributed by atoms with Gasteiger partial charge in [-0.05, 0) is 30.5 Å². The molecule has 1 fully saturated rings. The lowest BCUT2D eigenvalue weighted by atomic mass is 10.0. The Morgan fingerprint density at radius 3 is 2.50 bits per heavy atom. The quantitative estimate of drug-likeness (QED) is 0.375. The Hall–Kier alpha value is -0.910. The van der Waals surface area contributed by atoms with Gasteiger partial charge in [0.15, 0.2) is 0 Å². The fraction of sp³-hybridized carbons (Fsp3) is 0.684. The number of hydrogen-bond donors (Lipinski definition) is 3. The van der Waals surface area contributed by atoms with Gasteiger partial charge < -0.3 is 19.8 Å². The van der Waals surface area contributed by atoms with E-state index in [9.17, 15) is 4.57 Å². The van der Waals surface area contributed by atoms with Gasteiger partial charge in [0.25, 0.3) is 0 Å². The van der Waals surface area contributed by atoms with Crippen LogP contribution in [0.3, 0.4) is 0 Å². The largest absolute Gasteiger partial charge is 0.489 e. The van der Waals surface area contributed by atoms with Gasteiger partial charge >= 0.3 is 7.82 Å². The van der Waals surface area contributed by atoms with Crippen LogP contribution in [0.5, 0.6) is 5.75 Å². The molecular formula is C19H32NO5P. The van der Waals surface area contributed by atoms with E-state index < -0.39 is 7.82 Å². The first-order valence-corrected chi connectivity index (χ1v) is 11.2. The monoisotopic (exact) mass is 385 g/mol. The predicted octanol–water partition coefficient (Wildman–Crippen LogP) is 3.81. The second kappa shape index (κ2) is 11.1. The van der Waals surface area contributed by atoms with Crippen molar-refractivity contribution in [1.29, 1.82) is 0 Å². The van der Waals surface area contributed by atoms with E-state index in [1.165, 1.54) is 44.1 Å². The van der Waals surface area contributed by atoms with Crippen LogP contribution in [-0.2, 0) is 15.5 Å². The van der Waals surface area contributed by atoms with Crippen molar-refractivity contribution in [2.45, 2.75) is 70.4 Å². The minimum atomic E-state index is -4.41. The molecule has 1 aliphatic rings. The van der Waals surface area contributed by atoms with Crippen molar-refractivity contribution in [2.75, 3.05) is 13.2 Å². The number of unbranched alkanes of at least 4 members (excludes halogenated alkanes) is 5. The van der Waals surface area contributed by atoms with Crippen LogP contribution in [-0.4, -0.2) is 35.1 Å². The molecule has 0 amide bonds. The molecule has 3 N–H and O–H groups in total. The number of hydrogen-bond acceptors (Lipinski definition) is 4. The number of aryl methyl sites for hydroxylation is 1. The van der Waals surface area contributed by atoms with E-state index in [0.29, 0.717) is 13.0 Å². The first-order valence-electron chi connectivity index (χ1n) is 9.65. The van der Waals surface area contributed by atoms with Crippen LogP contribution < -0.4 is 10.1 Å². The fourth-order valence-corrected chi connectivity index (χ4v) is 3.60.